The van der Waals surface area contributed by atoms with Gasteiger partial charge in [-0.15, -0.1) is 0 Å². The summed E-state index contributed by atoms with van der Waals surface area (Å²) in [5.41, 5.74) is 0. The maximum atomic E-state index is 12.3. The van der Waals surface area contributed by atoms with Crippen molar-refractivity contribution in [2.45, 2.75) is 33.1 Å². The van der Waals surface area contributed by atoms with Crippen molar-refractivity contribution in [2.24, 2.45) is 5.92 Å². The fourth-order valence-corrected chi connectivity index (χ4v) is 1.45. The van der Waals surface area contributed by atoms with Crippen LogP contribution in [-0.2, 0) is 14.3 Å². The fraction of sp³-hybridized carbons (Fsp3) is 0.818. The molecule has 0 spiro atoms. The molecule has 0 bridgehead atoms. The van der Waals surface area contributed by atoms with Crippen molar-refractivity contribution in [3.63, 3.8) is 0 Å². The molecule has 1 amide bonds. The molecule has 0 aliphatic rings. The molecule has 0 heterocycles. The van der Waals surface area contributed by atoms with E-state index in [-0.39, 0.29) is 12.5 Å². The zero-order valence-electron chi connectivity index (χ0n) is 10.4. The summed E-state index contributed by atoms with van der Waals surface area (Å²) in [5, 5.41) is 0. The van der Waals surface area contributed by atoms with Gasteiger partial charge in [-0.25, -0.2) is 0 Å². The summed E-state index contributed by atoms with van der Waals surface area (Å²) in [6.45, 7) is 3.57. The second kappa shape index (κ2) is 7.97. The smallest absolute Gasteiger partial charge is 0.325 e. The highest BCUT2D eigenvalue weighted by atomic mass is 19.3. The lowest BCUT2D eigenvalue weighted by Crippen LogP contribution is -2.42. The predicted molar refractivity (Wildman–Crippen MR) is 58.7 cm³/mol. The van der Waals surface area contributed by atoms with E-state index in [4.69, 9.17) is 0 Å². The summed E-state index contributed by atoms with van der Waals surface area (Å²) in [6.07, 6.45) is -1.55. The Balaban J connectivity index is 4.60. The number of carbonyl (C=O) groups is 2. The Labute approximate surface area is 99.9 Å². The van der Waals surface area contributed by atoms with Crippen LogP contribution in [0.5, 0.6) is 0 Å². The van der Waals surface area contributed by atoms with Gasteiger partial charge in [-0.3, -0.25) is 9.59 Å². The molecule has 0 fully saturated rings. The van der Waals surface area contributed by atoms with Gasteiger partial charge in [0.25, 0.3) is 5.91 Å². The summed E-state index contributed by atoms with van der Waals surface area (Å²) in [4.78, 5) is 23.1. The van der Waals surface area contributed by atoms with Crippen LogP contribution < -0.4 is 0 Å². The number of hydrogen-bond acceptors (Lipinski definition) is 3. The molecule has 0 aromatic carbocycles. The zero-order valence-corrected chi connectivity index (χ0v) is 10.4. The molecule has 0 N–H and O–H groups in total. The third-order valence-corrected chi connectivity index (χ3v) is 2.68. The molecule has 0 atom stereocenters. The standard InChI is InChI=1S/C11H19F2NO3/c1-4-8(5-2)6-14(7-9(15)17-3)11(16)10(12)13/h8,10H,4-7H2,1-3H3. The number of esters is 1. The lowest BCUT2D eigenvalue weighted by Gasteiger charge is -2.25. The average Bonchev–Trinajstić information content (AvgIpc) is 2.32. The molecule has 0 saturated carbocycles. The molecule has 0 aromatic rings. The van der Waals surface area contributed by atoms with Crippen LogP contribution >= 0.6 is 0 Å². The van der Waals surface area contributed by atoms with Crippen molar-refractivity contribution in [3.8, 4) is 0 Å². The van der Waals surface area contributed by atoms with E-state index in [0.29, 0.717) is 0 Å². The molecule has 0 aliphatic heterocycles. The summed E-state index contributed by atoms with van der Waals surface area (Å²) < 4.78 is 29.1. The quantitative estimate of drug-likeness (QED) is 0.647. The van der Waals surface area contributed by atoms with E-state index in [1.54, 1.807) is 0 Å². The first-order chi connectivity index (χ1) is 7.96. The molecule has 4 nitrogen and oxygen atoms in total. The SMILES string of the molecule is CCC(CC)CN(CC(=O)OC)C(=O)C(F)F. The van der Waals surface area contributed by atoms with Crippen molar-refractivity contribution < 1.29 is 23.1 Å². The first-order valence-electron chi connectivity index (χ1n) is 5.59. The number of amides is 1. The zero-order chi connectivity index (χ0) is 13.4. The lowest BCUT2D eigenvalue weighted by atomic mass is 10.0. The molecule has 17 heavy (non-hydrogen) atoms. The number of rotatable bonds is 7. The highest BCUT2D eigenvalue weighted by Crippen LogP contribution is 2.12. The molecule has 0 rings (SSSR count). The molecular weight excluding hydrogens is 232 g/mol. The topological polar surface area (TPSA) is 46.6 Å². The van der Waals surface area contributed by atoms with Gasteiger partial charge in [0.2, 0.25) is 0 Å². The van der Waals surface area contributed by atoms with Gasteiger partial charge in [0.05, 0.1) is 7.11 Å². The first kappa shape index (κ1) is 15.8. The van der Waals surface area contributed by atoms with E-state index >= 15 is 0 Å². The maximum Gasteiger partial charge on any atom is 0.325 e. The molecule has 0 radical (unpaired) electrons. The van der Waals surface area contributed by atoms with E-state index in [0.717, 1.165) is 24.9 Å². The Hall–Kier alpha value is -1.20. The van der Waals surface area contributed by atoms with Gasteiger partial charge < -0.3 is 9.64 Å². The highest BCUT2D eigenvalue weighted by molar-refractivity contribution is 5.84. The summed E-state index contributed by atoms with van der Waals surface area (Å²) in [5.74, 6) is -1.89. The van der Waals surface area contributed by atoms with E-state index in [2.05, 4.69) is 4.74 Å². The molecule has 6 heteroatoms. The second-order valence-electron chi connectivity index (χ2n) is 3.78. The Bertz CT molecular complexity index is 255. The average molecular weight is 251 g/mol. The number of nitrogens with zero attached hydrogens (tertiary/aromatic N) is 1. The van der Waals surface area contributed by atoms with Crippen LogP contribution in [-0.4, -0.2) is 43.4 Å². The normalized spacial score (nSPS) is 10.8. The van der Waals surface area contributed by atoms with Crippen LogP contribution in [0.2, 0.25) is 0 Å². The van der Waals surface area contributed by atoms with Crippen molar-refractivity contribution in [3.05, 3.63) is 0 Å². The van der Waals surface area contributed by atoms with E-state index in [1.807, 2.05) is 13.8 Å². The van der Waals surface area contributed by atoms with Gasteiger partial charge in [-0.1, -0.05) is 26.7 Å². The number of hydrogen-bond donors (Lipinski definition) is 0. The maximum absolute atomic E-state index is 12.3. The number of methoxy groups -OCH3 is 1. The Morgan fingerprint density at radius 3 is 2.12 bits per heavy atom. The minimum Gasteiger partial charge on any atom is -0.468 e. The van der Waals surface area contributed by atoms with Gasteiger partial charge in [0, 0.05) is 6.54 Å². The minimum absolute atomic E-state index is 0.113. The molecule has 0 saturated heterocycles. The predicted octanol–water partition coefficient (Wildman–Crippen LogP) is 1.69. The molecule has 0 unspecified atom stereocenters. The van der Waals surface area contributed by atoms with E-state index in [9.17, 15) is 18.4 Å². The molecule has 0 aliphatic carbocycles. The van der Waals surface area contributed by atoms with Crippen LogP contribution in [0.3, 0.4) is 0 Å². The van der Waals surface area contributed by atoms with Crippen LogP contribution in [0.4, 0.5) is 8.78 Å². The minimum atomic E-state index is -3.09. The van der Waals surface area contributed by atoms with Gasteiger partial charge in [-0.05, 0) is 5.92 Å². The van der Waals surface area contributed by atoms with Gasteiger partial charge in [-0.2, -0.15) is 8.78 Å². The molecule has 100 valence electrons. The van der Waals surface area contributed by atoms with Crippen molar-refractivity contribution in [2.75, 3.05) is 20.2 Å². The van der Waals surface area contributed by atoms with E-state index < -0.39 is 24.8 Å². The Kier molecular flexibility index (Phi) is 7.41. The van der Waals surface area contributed by atoms with Crippen LogP contribution in [0, 0.1) is 5.92 Å². The third-order valence-electron chi connectivity index (χ3n) is 2.68. The largest absolute Gasteiger partial charge is 0.468 e. The lowest BCUT2D eigenvalue weighted by molar-refractivity contribution is -0.152. The van der Waals surface area contributed by atoms with E-state index in [1.165, 1.54) is 0 Å². The molecule has 0 aromatic heterocycles. The van der Waals surface area contributed by atoms with Crippen LogP contribution in [0.25, 0.3) is 0 Å². The summed E-state index contributed by atoms with van der Waals surface area (Å²) in [7, 11) is 1.16. The number of carbonyl (C=O) groups excluding carboxylic acids is 2. The third kappa shape index (κ3) is 5.60. The number of halogens is 2. The van der Waals surface area contributed by atoms with Crippen LogP contribution in [0.15, 0.2) is 0 Å². The van der Waals surface area contributed by atoms with Crippen LogP contribution in [0.1, 0.15) is 26.7 Å². The first-order valence-corrected chi connectivity index (χ1v) is 5.59. The highest BCUT2D eigenvalue weighted by Gasteiger charge is 2.26. The monoisotopic (exact) mass is 251 g/mol. The number of alkyl halides is 2. The second-order valence-corrected chi connectivity index (χ2v) is 3.78. The summed E-state index contributed by atoms with van der Waals surface area (Å²) >= 11 is 0. The van der Waals surface area contributed by atoms with Gasteiger partial charge in [0.15, 0.2) is 0 Å². The van der Waals surface area contributed by atoms with Crippen molar-refractivity contribution >= 4 is 11.9 Å². The van der Waals surface area contributed by atoms with Gasteiger partial charge in [0.1, 0.15) is 6.54 Å². The van der Waals surface area contributed by atoms with Crippen molar-refractivity contribution in [1.29, 1.82) is 0 Å². The Morgan fingerprint density at radius 2 is 1.76 bits per heavy atom. The Morgan fingerprint density at radius 1 is 1.24 bits per heavy atom. The fourth-order valence-electron chi connectivity index (χ4n) is 1.45. The molecular formula is C11H19F2NO3. The number of ether oxygens (including phenoxy) is 1. The van der Waals surface area contributed by atoms with Crippen molar-refractivity contribution in [1.82, 2.24) is 4.90 Å². The van der Waals surface area contributed by atoms with Gasteiger partial charge >= 0.3 is 12.4 Å². The summed E-state index contributed by atoms with van der Waals surface area (Å²) in [6, 6.07) is 0.